The fourth-order valence-electron chi connectivity index (χ4n) is 1.12. The number of benzene rings is 1. The van der Waals surface area contributed by atoms with Crippen molar-refractivity contribution in [1.82, 2.24) is 5.32 Å². The highest BCUT2D eigenvalue weighted by atomic mass is 32.2. The van der Waals surface area contributed by atoms with Crippen molar-refractivity contribution in [3.8, 4) is 0 Å². The Kier molecular flexibility index (Phi) is 4.17. The molecule has 1 aromatic rings. The second-order valence-electron chi connectivity index (χ2n) is 3.19. The van der Waals surface area contributed by atoms with Crippen molar-refractivity contribution in [3.05, 3.63) is 35.7 Å². The standard InChI is InChI=1S/C10H13FN2O2S/c1-13-6-2-3-8-4-5-9(7-10(8)11)16(12,14)15/h2-5,7,13H,6H2,1H3,(H2,12,14,15). The van der Waals surface area contributed by atoms with Gasteiger partial charge in [-0.1, -0.05) is 18.2 Å². The van der Waals surface area contributed by atoms with Crippen LogP contribution in [0.3, 0.4) is 0 Å². The average Bonchev–Trinajstić information content (AvgIpc) is 2.19. The third-order valence-electron chi connectivity index (χ3n) is 1.92. The van der Waals surface area contributed by atoms with E-state index in [4.69, 9.17) is 5.14 Å². The van der Waals surface area contributed by atoms with Gasteiger partial charge in [0.05, 0.1) is 4.90 Å². The summed E-state index contributed by atoms with van der Waals surface area (Å²) in [5, 5.41) is 7.74. The molecule has 0 amide bonds. The van der Waals surface area contributed by atoms with Gasteiger partial charge < -0.3 is 5.32 Å². The number of halogens is 1. The van der Waals surface area contributed by atoms with Gasteiger partial charge in [-0.25, -0.2) is 17.9 Å². The third kappa shape index (κ3) is 3.41. The fourth-order valence-corrected chi connectivity index (χ4v) is 1.65. The molecule has 0 unspecified atom stereocenters. The molecule has 0 aliphatic carbocycles. The van der Waals surface area contributed by atoms with Gasteiger partial charge in [-0.3, -0.25) is 0 Å². The lowest BCUT2D eigenvalue weighted by Gasteiger charge is -2.01. The van der Waals surface area contributed by atoms with E-state index in [9.17, 15) is 12.8 Å². The molecule has 0 aliphatic heterocycles. The minimum absolute atomic E-state index is 0.226. The summed E-state index contributed by atoms with van der Waals surface area (Å²) in [6, 6.07) is 3.56. The van der Waals surface area contributed by atoms with Crippen LogP contribution >= 0.6 is 0 Å². The largest absolute Gasteiger partial charge is 0.316 e. The first-order valence-corrected chi connectivity index (χ1v) is 6.13. The van der Waals surface area contributed by atoms with Crippen LogP contribution in [0.4, 0.5) is 4.39 Å². The molecule has 3 N–H and O–H groups in total. The van der Waals surface area contributed by atoms with E-state index in [1.54, 1.807) is 19.2 Å². The first kappa shape index (κ1) is 12.8. The predicted octanol–water partition coefficient (Wildman–Crippen LogP) is 0.706. The molecule has 0 saturated heterocycles. The molecule has 4 nitrogen and oxygen atoms in total. The van der Waals surface area contributed by atoms with E-state index in [1.807, 2.05) is 0 Å². The van der Waals surface area contributed by atoms with Gasteiger partial charge in [0.1, 0.15) is 5.82 Å². The van der Waals surface area contributed by atoms with Gasteiger partial charge in [0.15, 0.2) is 0 Å². The quantitative estimate of drug-likeness (QED) is 0.819. The van der Waals surface area contributed by atoms with Crippen LogP contribution in [0, 0.1) is 5.82 Å². The van der Waals surface area contributed by atoms with Crippen LogP contribution in [0.15, 0.2) is 29.2 Å². The zero-order chi connectivity index (χ0) is 12.2. The van der Waals surface area contributed by atoms with Gasteiger partial charge >= 0.3 is 0 Å². The number of hydrogen-bond acceptors (Lipinski definition) is 3. The van der Waals surface area contributed by atoms with Crippen LogP contribution in [0.1, 0.15) is 5.56 Å². The maximum absolute atomic E-state index is 13.4. The molecule has 0 heterocycles. The van der Waals surface area contributed by atoms with E-state index >= 15 is 0 Å². The molecule has 1 rings (SSSR count). The number of rotatable bonds is 4. The maximum Gasteiger partial charge on any atom is 0.238 e. The molecule has 1 aromatic carbocycles. The molecule has 0 aromatic heterocycles. The SMILES string of the molecule is CNCC=Cc1ccc(S(N)(=O)=O)cc1F. The van der Waals surface area contributed by atoms with Crippen LogP contribution in [-0.4, -0.2) is 22.0 Å². The van der Waals surface area contributed by atoms with E-state index in [1.165, 1.54) is 12.1 Å². The molecule has 88 valence electrons. The van der Waals surface area contributed by atoms with Gasteiger partial charge in [-0.15, -0.1) is 0 Å². The first-order valence-electron chi connectivity index (χ1n) is 4.58. The summed E-state index contributed by atoms with van der Waals surface area (Å²) < 4.78 is 35.3. The number of nitrogens with one attached hydrogen (secondary N) is 1. The number of primary sulfonamides is 1. The third-order valence-corrected chi connectivity index (χ3v) is 2.83. The second-order valence-corrected chi connectivity index (χ2v) is 4.75. The van der Waals surface area contributed by atoms with E-state index < -0.39 is 15.8 Å². The molecule has 6 heteroatoms. The van der Waals surface area contributed by atoms with Gasteiger partial charge in [-0.2, -0.15) is 0 Å². The van der Waals surface area contributed by atoms with Gasteiger partial charge in [0, 0.05) is 12.1 Å². The lowest BCUT2D eigenvalue weighted by Crippen LogP contribution is -2.12. The molecule has 0 radical (unpaired) electrons. The van der Waals surface area contributed by atoms with E-state index in [2.05, 4.69) is 5.32 Å². The van der Waals surface area contributed by atoms with Crippen molar-refractivity contribution in [3.63, 3.8) is 0 Å². The van der Waals surface area contributed by atoms with Gasteiger partial charge in [0.25, 0.3) is 0 Å². The summed E-state index contributed by atoms with van der Waals surface area (Å²) in [7, 11) is -2.08. The molecule has 0 bridgehead atoms. The molecule has 0 spiro atoms. The van der Waals surface area contributed by atoms with Crippen molar-refractivity contribution < 1.29 is 12.8 Å². The minimum atomic E-state index is -3.84. The van der Waals surface area contributed by atoms with Crippen molar-refractivity contribution >= 4 is 16.1 Å². The van der Waals surface area contributed by atoms with Gasteiger partial charge in [0.2, 0.25) is 10.0 Å². The zero-order valence-electron chi connectivity index (χ0n) is 8.77. The Balaban J connectivity index is 3.01. The highest BCUT2D eigenvalue weighted by Crippen LogP contribution is 2.14. The Bertz CT molecular complexity index is 498. The topological polar surface area (TPSA) is 72.2 Å². The lowest BCUT2D eigenvalue weighted by molar-refractivity contribution is 0.592. The maximum atomic E-state index is 13.4. The van der Waals surface area contributed by atoms with Crippen LogP contribution in [0.5, 0.6) is 0 Å². The van der Waals surface area contributed by atoms with Gasteiger partial charge in [-0.05, 0) is 19.2 Å². The first-order chi connectivity index (χ1) is 7.45. The summed E-state index contributed by atoms with van der Waals surface area (Å²) in [5.74, 6) is -0.612. The molecular formula is C10H13FN2O2S. The van der Waals surface area contributed by atoms with Crippen molar-refractivity contribution in [2.24, 2.45) is 5.14 Å². The Morgan fingerprint density at radius 1 is 1.50 bits per heavy atom. The molecule has 16 heavy (non-hydrogen) atoms. The van der Waals surface area contributed by atoms with Crippen LogP contribution in [0.25, 0.3) is 6.08 Å². The van der Waals surface area contributed by atoms with Crippen molar-refractivity contribution in [1.29, 1.82) is 0 Å². The molecule has 0 aliphatic rings. The Hall–Kier alpha value is -1.24. The van der Waals surface area contributed by atoms with E-state index in [-0.39, 0.29) is 4.90 Å². The normalized spacial score (nSPS) is 12.2. The summed E-state index contributed by atoms with van der Waals surface area (Å²) in [6.45, 7) is 0.608. The molecule has 0 fully saturated rings. The number of hydrogen-bond donors (Lipinski definition) is 2. The van der Waals surface area contributed by atoms with Crippen LogP contribution < -0.4 is 10.5 Å². The summed E-state index contributed by atoms with van der Waals surface area (Å²) in [6.07, 6.45) is 3.30. The Morgan fingerprint density at radius 2 is 2.19 bits per heavy atom. The molecule has 0 atom stereocenters. The number of nitrogens with two attached hydrogens (primary N) is 1. The monoisotopic (exact) mass is 244 g/mol. The van der Waals surface area contributed by atoms with Crippen LogP contribution in [-0.2, 0) is 10.0 Å². The highest BCUT2D eigenvalue weighted by molar-refractivity contribution is 7.89. The zero-order valence-corrected chi connectivity index (χ0v) is 9.59. The lowest BCUT2D eigenvalue weighted by atomic mass is 10.2. The Labute approximate surface area is 94.0 Å². The van der Waals surface area contributed by atoms with Crippen molar-refractivity contribution in [2.45, 2.75) is 4.90 Å². The highest BCUT2D eigenvalue weighted by Gasteiger charge is 2.09. The van der Waals surface area contributed by atoms with Crippen LogP contribution in [0.2, 0.25) is 0 Å². The molecule has 0 saturated carbocycles. The Morgan fingerprint density at radius 3 is 2.69 bits per heavy atom. The number of likely N-dealkylation sites (N-methyl/N-ethyl adjacent to an activating group) is 1. The smallest absolute Gasteiger partial charge is 0.238 e. The predicted molar refractivity (Wildman–Crippen MR) is 60.7 cm³/mol. The summed E-state index contributed by atoms with van der Waals surface area (Å²) in [4.78, 5) is -0.226. The summed E-state index contributed by atoms with van der Waals surface area (Å²) >= 11 is 0. The average molecular weight is 244 g/mol. The minimum Gasteiger partial charge on any atom is -0.316 e. The molecular weight excluding hydrogens is 231 g/mol. The number of sulfonamides is 1. The van der Waals surface area contributed by atoms with E-state index in [0.717, 1.165) is 6.07 Å². The summed E-state index contributed by atoms with van der Waals surface area (Å²) in [5.41, 5.74) is 0.322. The fraction of sp³-hybridized carbons (Fsp3) is 0.200. The van der Waals surface area contributed by atoms with Crippen molar-refractivity contribution in [2.75, 3.05) is 13.6 Å². The van der Waals surface area contributed by atoms with E-state index in [0.29, 0.717) is 12.1 Å². The second kappa shape index (κ2) is 5.20.